The van der Waals surface area contributed by atoms with Crippen molar-refractivity contribution < 1.29 is 30.7 Å². The maximum Gasteiger partial charge on any atom is 0.355 e. The number of hydrogen-bond acceptors (Lipinski definition) is 6. The molecule has 0 saturated heterocycles. The molecule has 2 aromatic carbocycles. The zero-order chi connectivity index (χ0) is 25.0. The number of aromatic nitrogens is 3. The van der Waals surface area contributed by atoms with Crippen LogP contribution in [0.4, 0.5) is 34.9 Å². The lowest BCUT2D eigenvalue weighted by atomic mass is 10.1. The number of pyridine rings is 1. The van der Waals surface area contributed by atoms with Crippen molar-refractivity contribution >= 4 is 27.3 Å². The van der Waals surface area contributed by atoms with Gasteiger partial charge in [-0.3, -0.25) is 9.82 Å². The van der Waals surface area contributed by atoms with Crippen molar-refractivity contribution in [1.29, 1.82) is 0 Å². The third kappa shape index (κ3) is 5.87. The van der Waals surface area contributed by atoms with E-state index < -0.39 is 27.4 Å². The first-order valence-corrected chi connectivity index (χ1v) is 11.5. The molecule has 0 aliphatic carbocycles. The van der Waals surface area contributed by atoms with E-state index in [9.17, 15) is 26.0 Å². The van der Waals surface area contributed by atoms with Crippen LogP contribution in [0.2, 0.25) is 0 Å². The van der Waals surface area contributed by atoms with Gasteiger partial charge in [-0.2, -0.15) is 13.9 Å². The minimum Gasteiger partial charge on any atom is -0.487 e. The largest absolute Gasteiger partial charge is 0.487 e. The van der Waals surface area contributed by atoms with E-state index in [1.165, 1.54) is 24.3 Å². The van der Waals surface area contributed by atoms with Crippen molar-refractivity contribution in [1.82, 2.24) is 15.2 Å². The van der Waals surface area contributed by atoms with E-state index in [2.05, 4.69) is 20.5 Å². The SMILES string of the molecule is O=S(=O)(Nc1ccc(-c2cc(Nc3ccccn3)n[nH]2)cc1OCc1ccc(F)c(F)c1)C(F)F. The van der Waals surface area contributed by atoms with Gasteiger partial charge >= 0.3 is 5.76 Å². The maximum atomic E-state index is 13.5. The summed E-state index contributed by atoms with van der Waals surface area (Å²) < 4.78 is 83.3. The summed E-state index contributed by atoms with van der Waals surface area (Å²) in [6.07, 6.45) is 1.60. The minimum atomic E-state index is -4.99. The van der Waals surface area contributed by atoms with E-state index in [4.69, 9.17) is 4.74 Å². The first-order valence-electron chi connectivity index (χ1n) is 9.96. The number of H-pyrrole nitrogens is 1. The monoisotopic (exact) mass is 507 g/mol. The van der Waals surface area contributed by atoms with Crippen LogP contribution < -0.4 is 14.8 Å². The Kier molecular flexibility index (Phi) is 6.87. The number of ether oxygens (including phenoxy) is 1. The molecule has 2 aromatic heterocycles. The molecule has 3 N–H and O–H groups in total. The third-order valence-corrected chi connectivity index (χ3v) is 5.63. The van der Waals surface area contributed by atoms with Crippen molar-refractivity contribution in [3.05, 3.63) is 84.1 Å². The lowest BCUT2D eigenvalue weighted by molar-refractivity contribution is 0.236. The number of alkyl halides is 2. The van der Waals surface area contributed by atoms with E-state index in [1.807, 2.05) is 0 Å². The number of nitrogens with zero attached hydrogens (tertiary/aromatic N) is 2. The molecule has 182 valence electrons. The van der Waals surface area contributed by atoms with Gasteiger partial charge in [-0.25, -0.2) is 22.2 Å². The van der Waals surface area contributed by atoms with Gasteiger partial charge in [-0.05, 0) is 42.0 Å². The molecule has 0 atom stereocenters. The molecule has 0 aliphatic rings. The summed E-state index contributed by atoms with van der Waals surface area (Å²) in [4.78, 5) is 4.13. The number of sulfonamides is 1. The number of benzene rings is 2. The zero-order valence-electron chi connectivity index (χ0n) is 17.7. The smallest absolute Gasteiger partial charge is 0.355 e. The van der Waals surface area contributed by atoms with E-state index in [-0.39, 0.29) is 23.6 Å². The molecule has 4 rings (SSSR count). The number of halogens is 4. The Morgan fingerprint density at radius 1 is 0.971 bits per heavy atom. The Labute approximate surface area is 197 Å². The lowest BCUT2D eigenvalue weighted by Crippen LogP contribution is -2.21. The van der Waals surface area contributed by atoms with Gasteiger partial charge in [0, 0.05) is 17.8 Å². The molecule has 0 spiro atoms. The number of hydrogen-bond donors (Lipinski definition) is 3. The van der Waals surface area contributed by atoms with Gasteiger partial charge < -0.3 is 10.1 Å². The minimum absolute atomic E-state index is 0.120. The van der Waals surface area contributed by atoms with Gasteiger partial charge in [-0.1, -0.05) is 18.2 Å². The molecular weight excluding hydrogens is 490 g/mol. The molecule has 8 nitrogen and oxygen atoms in total. The molecule has 0 bridgehead atoms. The summed E-state index contributed by atoms with van der Waals surface area (Å²) in [6.45, 7) is -0.292. The summed E-state index contributed by atoms with van der Waals surface area (Å²) in [5.74, 6) is -4.94. The van der Waals surface area contributed by atoms with E-state index >= 15 is 0 Å². The van der Waals surface area contributed by atoms with Gasteiger partial charge in [0.1, 0.15) is 18.2 Å². The first kappa shape index (κ1) is 24.0. The Bertz CT molecular complexity index is 1430. The van der Waals surface area contributed by atoms with E-state index in [1.54, 1.807) is 35.2 Å². The van der Waals surface area contributed by atoms with Gasteiger partial charge in [0.15, 0.2) is 17.5 Å². The average Bonchev–Trinajstić information content (AvgIpc) is 3.29. The predicted octanol–water partition coefficient (Wildman–Crippen LogP) is 5.04. The molecule has 0 amide bonds. The molecule has 0 unspecified atom stereocenters. The van der Waals surface area contributed by atoms with E-state index in [0.29, 0.717) is 22.9 Å². The second-order valence-corrected chi connectivity index (χ2v) is 8.81. The van der Waals surface area contributed by atoms with Crippen molar-refractivity contribution in [2.24, 2.45) is 0 Å². The van der Waals surface area contributed by atoms with Crippen LogP contribution in [0.1, 0.15) is 5.56 Å². The number of anilines is 3. The summed E-state index contributed by atoms with van der Waals surface area (Å²) >= 11 is 0. The van der Waals surface area contributed by atoms with Gasteiger partial charge in [0.05, 0.1) is 11.4 Å². The highest BCUT2D eigenvalue weighted by atomic mass is 32.2. The number of rotatable bonds is 9. The highest BCUT2D eigenvalue weighted by Gasteiger charge is 2.25. The third-order valence-electron chi connectivity index (χ3n) is 4.66. The summed E-state index contributed by atoms with van der Waals surface area (Å²) in [5.41, 5.74) is 0.944. The van der Waals surface area contributed by atoms with Crippen molar-refractivity contribution in [3.63, 3.8) is 0 Å². The average molecular weight is 507 g/mol. The van der Waals surface area contributed by atoms with Crippen LogP contribution in [0.3, 0.4) is 0 Å². The molecule has 0 saturated carbocycles. The summed E-state index contributed by atoms with van der Waals surface area (Å²) in [5, 5.41) is 9.92. The van der Waals surface area contributed by atoms with Gasteiger partial charge in [0.25, 0.3) is 10.0 Å². The van der Waals surface area contributed by atoms with Crippen LogP contribution in [0.25, 0.3) is 11.3 Å². The normalized spacial score (nSPS) is 11.5. The fraction of sp³-hybridized carbons (Fsp3) is 0.0909. The molecule has 2 heterocycles. The molecular formula is C22H17F4N5O3S. The topological polar surface area (TPSA) is 109 Å². The molecule has 0 radical (unpaired) electrons. The molecule has 13 heteroatoms. The zero-order valence-corrected chi connectivity index (χ0v) is 18.5. The molecule has 0 aliphatic heterocycles. The standard InChI is InChI=1S/C22H17F4N5O3S/c23-15-6-4-13(9-16(15)24)12-34-19-10-14(5-7-17(19)31-35(32,33)22(25)26)18-11-21(30-29-18)28-20-3-1-2-8-27-20/h1-11,22,31H,12H2,(H2,27,28,29,30). The Hall–Kier alpha value is -4.13. The predicted molar refractivity (Wildman–Crippen MR) is 121 cm³/mol. The van der Waals surface area contributed by atoms with Crippen LogP contribution >= 0.6 is 0 Å². The maximum absolute atomic E-state index is 13.5. The molecule has 4 aromatic rings. The second-order valence-electron chi connectivity index (χ2n) is 7.16. The van der Waals surface area contributed by atoms with E-state index in [0.717, 1.165) is 12.1 Å². The highest BCUT2D eigenvalue weighted by molar-refractivity contribution is 7.93. The van der Waals surface area contributed by atoms with Crippen molar-refractivity contribution in [2.45, 2.75) is 12.4 Å². The Morgan fingerprint density at radius 2 is 1.80 bits per heavy atom. The lowest BCUT2D eigenvalue weighted by Gasteiger charge is -2.15. The molecule has 35 heavy (non-hydrogen) atoms. The fourth-order valence-corrected chi connectivity index (χ4v) is 3.55. The summed E-state index contributed by atoms with van der Waals surface area (Å²) in [7, 11) is -4.99. The first-order chi connectivity index (χ1) is 16.7. The van der Waals surface area contributed by atoms with Gasteiger partial charge in [-0.15, -0.1) is 0 Å². The quantitative estimate of drug-likeness (QED) is 0.274. The van der Waals surface area contributed by atoms with Crippen LogP contribution in [0.5, 0.6) is 5.75 Å². The van der Waals surface area contributed by atoms with Gasteiger partial charge in [0.2, 0.25) is 0 Å². The number of nitrogens with one attached hydrogen (secondary N) is 3. The van der Waals surface area contributed by atoms with Crippen LogP contribution in [0, 0.1) is 11.6 Å². The van der Waals surface area contributed by atoms with Crippen molar-refractivity contribution in [3.8, 4) is 17.0 Å². The summed E-state index contributed by atoms with van der Waals surface area (Å²) in [6, 6.07) is 14.1. The van der Waals surface area contributed by atoms with Crippen LogP contribution in [-0.2, 0) is 16.6 Å². The highest BCUT2D eigenvalue weighted by Crippen LogP contribution is 2.33. The van der Waals surface area contributed by atoms with Crippen LogP contribution in [0.15, 0.2) is 66.9 Å². The number of aromatic amines is 1. The fourth-order valence-electron chi connectivity index (χ4n) is 2.98. The molecule has 0 fully saturated rings. The Balaban J connectivity index is 1.62. The van der Waals surface area contributed by atoms with Crippen molar-refractivity contribution in [2.75, 3.05) is 10.0 Å². The Morgan fingerprint density at radius 3 is 2.51 bits per heavy atom. The van der Waals surface area contributed by atoms with Crippen LogP contribution in [-0.4, -0.2) is 29.4 Å². The second kappa shape index (κ2) is 10.0.